The number of carbonyl (C=O) groups is 1. The summed E-state index contributed by atoms with van der Waals surface area (Å²) in [5, 5.41) is 12.0. The summed E-state index contributed by atoms with van der Waals surface area (Å²) in [5.74, 6) is 0.168. The highest BCUT2D eigenvalue weighted by Crippen LogP contribution is 2.18. The highest BCUT2D eigenvalue weighted by atomic mass is 16.3. The summed E-state index contributed by atoms with van der Waals surface area (Å²) in [7, 11) is 0. The fraction of sp³-hybridized carbons (Fsp3) is 0.500. The average Bonchev–Trinajstić information content (AvgIpc) is 2.36. The third-order valence-corrected chi connectivity index (χ3v) is 2.86. The molecule has 0 fully saturated rings. The van der Waals surface area contributed by atoms with Gasteiger partial charge >= 0.3 is 0 Å². The molecule has 0 spiro atoms. The van der Waals surface area contributed by atoms with Gasteiger partial charge in [-0.05, 0) is 18.4 Å². The first-order valence-electron chi connectivity index (χ1n) is 6.28. The molecule has 18 heavy (non-hydrogen) atoms. The summed E-state index contributed by atoms with van der Waals surface area (Å²) in [5.41, 5.74) is 7.01. The van der Waals surface area contributed by atoms with E-state index in [0.29, 0.717) is 23.7 Å². The molecule has 1 aromatic carbocycles. The van der Waals surface area contributed by atoms with Gasteiger partial charge < -0.3 is 16.2 Å². The fourth-order valence-corrected chi connectivity index (χ4v) is 1.89. The lowest BCUT2D eigenvalue weighted by molar-refractivity contribution is -0.120. The number of nitrogens with one attached hydrogen (secondary N) is 1. The van der Waals surface area contributed by atoms with E-state index in [9.17, 15) is 9.90 Å². The molecule has 0 aliphatic carbocycles. The molecule has 0 aliphatic rings. The lowest BCUT2D eigenvalue weighted by Crippen LogP contribution is -2.30. The van der Waals surface area contributed by atoms with Crippen LogP contribution in [0.4, 0.5) is 5.69 Å². The van der Waals surface area contributed by atoms with Gasteiger partial charge in [0.15, 0.2) is 0 Å². The van der Waals surface area contributed by atoms with Crippen molar-refractivity contribution >= 4 is 11.6 Å². The van der Waals surface area contributed by atoms with Gasteiger partial charge in [0.25, 0.3) is 0 Å². The number of rotatable bonds is 6. The van der Waals surface area contributed by atoms with E-state index in [1.165, 1.54) is 0 Å². The molecule has 0 saturated heterocycles. The largest absolute Gasteiger partial charge is 0.392 e. The van der Waals surface area contributed by atoms with Crippen LogP contribution in [0.3, 0.4) is 0 Å². The van der Waals surface area contributed by atoms with Gasteiger partial charge in [0.2, 0.25) is 5.91 Å². The molecule has 0 bridgehead atoms. The number of anilines is 1. The van der Waals surface area contributed by atoms with Crippen molar-refractivity contribution in [2.24, 2.45) is 17.6 Å². The van der Waals surface area contributed by atoms with E-state index in [1.54, 1.807) is 12.1 Å². The van der Waals surface area contributed by atoms with Crippen LogP contribution < -0.4 is 11.1 Å². The van der Waals surface area contributed by atoms with Gasteiger partial charge in [-0.15, -0.1) is 0 Å². The van der Waals surface area contributed by atoms with E-state index in [4.69, 9.17) is 5.73 Å². The summed E-state index contributed by atoms with van der Waals surface area (Å²) in [6.45, 7) is 4.38. The van der Waals surface area contributed by atoms with Crippen molar-refractivity contribution in [3.8, 4) is 0 Å². The third kappa shape index (κ3) is 4.13. The van der Waals surface area contributed by atoms with E-state index in [0.717, 1.165) is 6.42 Å². The summed E-state index contributed by atoms with van der Waals surface area (Å²) in [4.78, 5) is 12.1. The van der Waals surface area contributed by atoms with Crippen molar-refractivity contribution in [1.82, 2.24) is 0 Å². The summed E-state index contributed by atoms with van der Waals surface area (Å²) in [6.07, 6.45) is 0.767. The normalized spacial score (nSPS) is 12.5. The van der Waals surface area contributed by atoms with Crippen LogP contribution in [0.25, 0.3) is 0 Å². The topological polar surface area (TPSA) is 75.4 Å². The van der Waals surface area contributed by atoms with Crippen LogP contribution in [-0.2, 0) is 11.4 Å². The molecule has 4 nitrogen and oxygen atoms in total. The number of aliphatic hydroxyl groups excluding tert-OH is 1. The molecule has 1 amide bonds. The first kappa shape index (κ1) is 14.7. The number of hydrogen-bond donors (Lipinski definition) is 3. The molecule has 0 aromatic heterocycles. The van der Waals surface area contributed by atoms with Crippen LogP contribution >= 0.6 is 0 Å². The van der Waals surface area contributed by atoms with E-state index < -0.39 is 0 Å². The monoisotopic (exact) mass is 250 g/mol. The zero-order chi connectivity index (χ0) is 13.5. The Hall–Kier alpha value is -1.39. The van der Waals surface area contributed by atoms with Gasteiger partial charge in [-0.2, -0.15) is 0 Å². The minimum atomic E-state index is -0.184. The Morgan fingerprint density at radius 3 is 2.61 bits per heavy atom. The second kappa shape index (κ2) is 7.13. The van der Waals surface area contributed by atoms with Crippen molar-refractivity contribution in [2.75, 3.05) is 11.9 Å². The Balaban J connectivity index is 2.73. The summed E-state index contributed by atoms with van der Waals surface area (Å²) >= 11 is 0. The van der Waals surface area contributed by atoms with E-state index >= 15 is 0 Å². The lowest BCUT2D eigenvalue weighted by Gasteiger charge is -2.17. The quantitative estimate of drug-likeness (QED) is 0.720. The van der Waals surface area contributed by atoms with E-state index in [2.05, 4.69) is 19.2 Å². The maximum atomic E-state index is 12.1. The molecule has 4 heteroatoms. The SMILES string of the molecule is CC(C)CC(CN)C(=O)Nc1ccccc1CO. The number of benzene rings is 1. The van der Waals surface area contributed by atoms with E-state index in [1.807, 2.05) is 12.1 Å². The maximum Gasteiger partial charge on any atom is 0.228 e. The van der Waals surface area contributed by atoms with Crippen LogP contribution in [0, 0.1) is 11.8 Å². The van der Waals surface area contributed by atoms with Crippen molar-refractivity contribution in [3.63, 3.8) is 0 Å². The molecule has 0 saturated carbocycles. The van der Waals surface area contributed by atoms with E-state index in [-0.39, 0.29) is 18.4 Å². The second-order valence-electron chi connectivity index (χ2n) is 4.87. The Morgan fingerprint density at radius 1 is 1.39 bits per heavy atom. The molecule has 0 radical (unpaired) electrons. The molecule has 1 rings (SSSR count). The van der Waals surface area contributed by atoms with Crippen LogP contribution in [0.1, 0.15) is 25.8 Å². The molecule has 1 unspecified atom stereocenters. The summed E-state index contributed by atoms with van der Waals surface area (Å²) < 4.78 is 0. The van der Waals surface area contributed by atoms with Crippen LogP contribution in [0.5, 0.6) is 0 Å². The molecule has 0 aliphatic heterocycles. The molecular weight excluding hydrogens is 228 g/mol. The van der Waals surface area contributed by atoms with Gasteiger partial charge in [0.1, 0.15) is 0 Å². The number of hydrogen-bond acceptors (Lipinski definition) is 3. The Morgan fingerprint density at radius 2 is 2.06 bits per heavy atom. The van der Waals surface area contributed by atoms with Crippen molar-refractivity contribution in [3.05, 3.63) is 29.8 Å². The van der Waals surface area contributed by atoms with Gasteiger partial charge in [-0.1, -0.05) is 32.0 Å². The summed E-state index contributed by atoms with van der Waals surface area (Å²) in [6, 6.07) is 7.23. The van der Waals surface area contributed by atoms with Gasteiger partial charge in [0, 0.05) is 17.8 Å². The zero-order valence-corrected chi connectivity index (χ0v) is 11.0. The van der Waals surface area contributed by atoms with Gasteiger partial charge in [-0.25, -0.2) is 0 Å². The Labute approximate surface area is 108 Å². The minimum absolute atomic E-state index is 0.0768. The number of carbonyl (C=O) groups excluding carboxylic acids is 1. The lowest BCUT2D eigenvalue weighted by atomic mass is 9.96. The van der Waals surface area contributed by atoms with Crippen molar-refractivity contribution < 1.29 is 9.90 Å². The van der Waals surface area contributed by atoms with Gasteiger partial charge in [-0.3, -0.25) is 4.79 Å². The third-order valence-electron chi connectivity index (χ3n) is 2.86. The maximum absolute atomic E-state index is 12.1. The van der Waals surface area contributed by atoms with Crippen LogP contribution in [-0.4, -0.2) is 17.6 Å². The smallest absolute Gasteiger partial charge is 0.228 e. The van der Waals surface area contributed by atoms with Crippen LogP contribution in [0.15, 0.2) is 24.3 Å². The molecule has 4 N–H and O–H groups in total. The van der Waals surface area contributed by atoms with Crippen molar-refractivity contribution in [1.29, 1.82) is 0 Å². The first-order valence-corrected chi connectivity index (χ1v) is 6.28. The zero-order valence-electron chi connectivity index (χ0n) is 11.0. The highest BCUT2D eigenvalue weighted by Gasteiger charge is 2.18. The second-order valence-corrected chi connectivity index (χ2v) is 4.87. The predicted octanol–water partition coefficient (Wildman–Crippen LogP) is 1.74. The molecule has 1 atom stereocenters. The predicted molar refractivity (Wildman–Crippen MR) is 73.0 cm³/mol. The fourth-order valence-electron chi connectivity index (χ4n) is 1.89. The number of nitrogens with two attached hydrogens (primary N) is 1. The van der Waals surface area contributed by atoms with Crippen LogP contribution in [0.2, 0.25) is 0 Å². The number of amides is 1. The average molecular weight is 250 g/mol. The highest BCUT2D eigenvalue weighted by molar-refractivity contribution is 5.93. The Bertz CT molecular complexity index is 391. The molecule has 0 heterocycles. The number of aliphatic hydroxyl groups is 1. The minimum Gasteiger partial charge on any atom is -0.392 e. The molecular formula is C14H22N2O2. The van der Waals surface area contributed by atoms with Crippen molar-refractivity contribution in [2.45, 2.75) is 26.9 Å². The Kier molecular flexibility index (Phi) is 5.82. The standard InChI is InChI=1S/C14H22N2O2/c1-10(2)7-12(8-15)14(18)16-13-6-4-3-5-11(13)9-17/h3-6,10,12,17H,7-9,15H2,1-2H3,(H,16,18). The van der Waals surface area contributed by atoms with Gasteiger partial charge in [0.05, 0.1) is 12.5 Å². The first-order chi connectivity index (χ1) is 8.58. The molecule has 1 aromatic rings. The molecule has 100 valence electrons. The number of para-hydroxylation sites is 1.